The molecular weight excluding hydrogens is 498 g/mol. The van der Waals surface area contributed by atoms with Gasteiger partial charge in [-0.3, -0.25) is 14.4 Å². The molecule has 4 unspecified atom stereocenters. The van der Waals surface area contributed by atoms with Crippen LogP contribution in [0.25, 0.3) is 10.9 Å². The third-order valence-electron chi connectivity index (χ3n) is 5.83. The van der Waals surface area contributed by atoms with Crippen LogP contribution in [-0.2, 0) is 25.6 Å². The normalized spacial score (nSPS) is 14.5. The van der Waals surface area contributed by atoms with E-state index in [0.717, 1.165) is 16.5 Å². The Balaban J connectivity index is 2.03. The summed E-state index contributed by atoms with van der Waals surface area (Å²) >= 11 is 1.46. The minimum absolute atomic E-state index is 0.00251. The third-order valence-corrected chi connectivity index (χ3v) is 6.48. The maximum atomic E-state index is 12.9. The summed E-state index contributed by atoms with van der Waals surface area (Å²) in [5.74, 6) is -2.68. The number of fused-ring (bicyclic) bond motifs is 1. The molecule has 4 atom stereocenters. The number of carbonyl (C=O) groups is 4. The topological polar surface area (TPSA) is 187 Å². The molecule has 2 aromatic rings. The number of H-pyrrole nitrogens is 1. The zero-order chi connectivity index (χ0) is 27.5. The molecule has 0 bridgehead atoms. The van der Waals surface area contributed by atoms with Crippen LogP contribution in [-0.4, -0.2) is 81.7 Å². The highest BCUT2D eigenvalue weighted by Gasteiger charge is 2.30. The van der Waals surface area contributed by atoms with E-state index in [2.05, 4.69) is 20.9 Å². The summed E-state index contributed by atoms with van der Waals surface area (Å²) in [6.07, 6.45) is 4.28. The smallest absolute Gasteiger partial charge is 0.326 e. The van der Waals surface area contributed by atoms with Gasteiger partial charge in [0.25, 0.3) is 0 Å². The van der Waals surface area contributed by atoms with E-state index in [1.54, 1.807) is 6.20 Å². The Morgan fingerprint density at radius 3 is 2.24 bits per heavy atom. The maximum absolute atomic E-state index is 12.9. The number of aliphatic hydroxyl groups excluding tert-OH is 1. The molecule has 0 saturated heterocycles. The van der Waals surface area contributed by atoms with Gasteiger partial charge in [0.15, 0.2) is 0 Å². The molecule has 0 spiro atoms. The highest BCUT2D eigenvalue weighted by Crippen LogP contribution is 2.18. The van der Waals surface area contributed by atoms with Crippen LogP contribution >= 0.6 is 11.8 Å². The zero-order valence-electron chi connectivity index (χ0n) is 21.3. The van der Waals surface area contributed by atoms with Crippen molar-refractivity contribution in [2.75, 3.05) is 18.6 Å². The Bertz CT molecular complexity index is 1070. The first-order chi connectivity index (χ1) is 17.6. The summed E-state index contributed by atoms with van der Waals surface area (Å²) < 4.78 is 0. The molecule has 37 heavy (non-hydrogen) atoms. The number of aliphatic carboxylic acids is 1. The molecule has 8 N–H and O–H groups in total. The molecule has 0 aliphatic heterocycles. The number of hydrogen-bond acceptors (Lipinski definition) is 7. The van der Waals surface area contributed by atoms with Crippen molar-refractivity contribution >= 4 is 46.4 Å². The minimum atomic E-state index is -1.34. The van der Waals surface area contributed by atoms with Gasteiger partial charge in [0.1, 0.15) is 18.1 Å². The number of benzene rings is 1. The standard InChI is InChI=1S/C25H37N5O6S/c1-14(2)10-20(23(33)28-19(25(35)36)8-9-37-3)29-24(34)21(13-31)30-22(32)17(26)11-15-12-27-18-7-5-4-6-16(15)18/h4-7,12,14,17,19-21,27,31H,8-11,13,26H2,1-3H3,(H,28,33)(H,29,34)(H,30,32)(H,35,36). The van der Waals surface area contributed by atoms with Gasteiger partial charge in [-0.05, 0) is 48.8 Å². The molecule has 1 aromatic heterocycles. The van der Waals surface area contributed by atoms with Gasteiger partial charge < -0.3 is 36.9 Å². The number of carbonyl (C=O) groups excluding carboxylic acids is 3. The molecule has 1 aromatic carbocycles. The van der Waals surface area contributed by atoms with E-state index in [4.69, 9.17) is 5.73 Å². The summed E-state index contributed by atoms with van der Waals surface area (Å²) in [5.41, 5.74) is 7.83. The molecule has 1 heterocycles. The van der Waals surface area contributed by atoms with Crippen LogP contribution in [0.2, 0.25) is 0 Å². The second kappa shape index (κ2) is 14.6. The van der Waals surface area contributed by atoms with Crippen molar-refractivity contribution in [3.8, 4) is 0 Å². The molecule has 0 fully saturated rings. The molecule has 11 nitrogen and oxygen atoms in total. The van der Waals surface area contributed by atoms with E-state index in [0.29, 0.717) is 5.75 Å². The van der Waals surface area contributed by atoms with Gasteiger partial charge in [-0.2, -0.15) is 11.8 Å². The van der Waals surface area contributed by atoms with Gasteiger partial charge in [-0.1, -0.05) is 32.0 Å². The molecule has 204 valence electrons. The lowest BCUT2D eigenvalue weighted by atomic mass is 10.0. The number of carboxylic acids is 1. The summed E-state index contributed by atoms with van der Waals surface area (Å²) in [4.78, 5) is 53.1. The number of amides is 3. The molecule has 0 saturated carbocycles. The Morgan fingerprint density at radius 2 is 1.62 bits per heavy atom. The number of nitrogens with two attached hydrogens (primary N) is 1. The van der Waals surface area contributed by atoms with Crippen LogP contribution in [0.15, 0.2) is 30.5 Å². The van der Waals surface area contributed by atoms with Gasteiger partial charge >= 0.3 is 5.97 Å². The molecule has 3 amide bonds. The van der Waals surface area contributed by atoms with Crippen molar-refractivity contribution < 1.29 is 29.4 Å². The monoisotopic (exact) mass is 535 g/mol. The van der Waals surface area contributed by atoms with E-state index in [-0.39, 0.29) is 25.2 Å². The van der Waals surface area contributed by atoms with Gasteiger partial charge in [0.05, 0.1) is 12.6 Å². The van der Waals surface area contributed by atoms with E-state index in [1.165, 1.54) is 11.8 Å². The molecular formula is C25H37N5O6S. The number of hydrogen-bond donors (Lipinski definition) is 7. The fraction of sp³-hybridized carbons (Fsp3) is 0.520. The summed E-state index contributed by atoms with van der Waals surface area (Å²) in [6, 6.07) is 3.12. The van der Waals surface area contributed by atoms with Gasteiger partial charge in [0, 0.05) is 17.1 Å². The van der Waals surface area contributed by atoms with Crippen molar-refractivity contribution in [1.29, 1.82) is 0 Å². The zero-order valence-corrected chi connectivity index (χ0v) is 22.1. The molecule has 12 heteroatoms. The van der Waals surface area contributed by atoms with Crippen LogP contribution < -0.4 is 21.7 Å². The van der Waals surface area contributed by atoms with Crippen LogP contribution in [0.4, 0.5) is 0 Å². The highest BCUT2D eigenvalue weighted by atomic mass is 32.2. The lowest BCUT2D eigenvalue weighted by molar-refractivity contribution is -0.142. The summed E-state index contributed by atoms with van der Waals surface area (Å²) in [5, 5.41) is 27.6. The average molecular weight is 536 g/mol. The molecule has 0 aliphatic rings. The average Bonchev–Trinajstić information content (AvgIpc) is 3.26. The van der Waals surface area contributed by atoms with Gasteiger partial charge in [0.2, 0.25) is 17.7 Å². The quantitative estimate of drug-likeness (QED) is 0.170. The van der Waals surface area contributed by atoms with E-state index < -0.39 is 54.5 Å². The van der Waals surface area contributed by atoms with E-state index >= 15 is 0 Å². The Morgan fingerprint density at radius 1 is 1.00 bits per heavy atom. The summed E-state index contributed by atoms with van der Waals surface area (Å²) in [7, 11) is 0. The molecule has 2 rings (SSSR count). The largest absolute Gasteiger partial charge is 0.480 e. The van der Waals surface area contributed by atoms with Crippen molar-refractivity contribution in [2.24, 2.45) is 11.7 Å². The van der Waals surface area contributed by atoms with Crippen LogP contribution in [0, 0.1) is 5.92 Å². The number of aromatic amines is 1. The van der Waals surface area contributed by atoms with Crippen molar-refractivity contribution in [2.45, 2.75) is 57.3 Å². The van der Waals surface area contributed by atoms with Crippen LogP contribution in [0.5, 0.6) is 0 Å². The number of rotatable bonds is 15. The Hall–Kier alpha value is -3.09. The van der Waals surface area contributed by atoms with Crippen molar-refractivity contribution in [3.05, 3.63) is 36.0 Å². The fourth-order valence-corrected chi connectivity index (χ4v) is 4.32. The predicted octanol–water partition coefficient (Wildman–Crippen LogP) is 0.368. The number of aliphatic hydroxyl groups is 1. The Labute approximate surface area is 220 Å². The second-order valence-electron chi connectivity index (χ2n) is 9.29. The van der Waals surface area contributed by atoms with Crippen LogP contribution in [0.3, 0.4) is 0 Å². The number of nitrogens with one attached hydrogen (secondary N) is 4. The highest BCUT2D eigenvalue weighted by molar-refractivity contribution is 7.98. The van der Waals surface area contributed by atoms with Crippen LogP contribution in [0.1, 0.15) is 32.3 Å². The van der Waals surface area contributed by atoms with Gasteiger partial charge in [-0.25, -0.2) is 4.79 Å². The van der Waals surface area contributed by atoms with E-state index in [1.807, 2.05) is 44.4 Å². The third kappa shape index (κ3) is 9.06. The fourth-order valence-electron chi connectivity index (χ4n) is 3.84. The lowest BCUT2D eigenvalue weighted by Gasteiger charge is -2.25. The Kier molecular flexibility index (Phi) is 11.9. The summed E-state index contributed by atoms with van der Waals surface area (Å²) in [6.45, 7) is 2.99. The number of carboxylic acid groups (broad SMARTS) is 1. The van der Waals surface area contributed by atoms with Crippen molar-refractivity contribution in [1.82, 2.24) is 20.9 Å². The SMILES string of the molecule is CSCCC(NC(=O)C(CC(C)C)NC(=O)C(CO)NC(=O)C(N)Cc1c[nH]c2ccccc12)C(=O)O. The van der Waals surface area contributed by atoms with Crippen molar-refractivity contribution in [3.63, 3.8) is 0 Å². The lowest BCUT2D eigenvalue weighted by Crippen LogP contribution is -2.58. The van der Waals surface area contributed by atoms with Gasteiger partial charge in [-0.15, -0.1) is 0 Å². The van der Waals surface area contributed by atoms with E-state index in [9.17, 15) is 29.4 Å². The molecule has 0 aliphatic carbocycles. The first-order valence-corrected chi connectivity index (χ1v) is 13.5. The predicted molar refractivity (Wildman–Crippen MR) is 143 cm³/mol. The first kappa shape index (κ1) is 30.1. The number of thioether (sulfide) groups is 1. The second-order valence-corrected chi connectivity index (χ2v) is 10.3. The number of aromatic nitrogens is 1. The maximum Gasteiger partial charge on any atom is 0.326 e. The minimum Gasteiger partial charge on any atom is -0.480 e. The number of para-hydroxylation sites is 1. The molecule has 0 radical (unpaired) electrons. The first-order valence-electron chi connectivity index (χ1n) is 12.1.